The number of unbranched alkanes of at least 4 members (excludes halogenated alkanes) is 5. The van der Waals surface area contributed by atoms with E-state index in [1.165, 1.54) is 19.9 Å². The Labute approximate surface area is 184 Å². The monoisotopic (exact) mass is 429 g/mol. The first-order valence-electron chi connectivity index (χ1n) is 11.2. The summed E-state index contributed by atoms with van der Waals surface area (Å²) in [6.45, 7) is 2.16. The number of aliphatic carboxylic acids is 1. The minimum Gasteiger partial charge on any atom is -0.481 e. The highest BCUT2D eigenvalue weighted by Gasteiger charge is 2.27. The Bertz CT molecular complexity index is 861. The molecular weight excluding hydrogens is 394 g/mol. The number of amides is 2. The van der Waals surface area contributed by atoms with Crippen LogP contribution in [0.3, 0.4) is 0 Å². The van der Waals surface area contributed by atoms with E-state index >= 15 is 0 Å². The number of fused-ring (bicyclic) bond motifs is 1. The number of carboxylic acids is 1. The predicted molar refractivity (Wildman–Crippen MR) is 122 cm³/mol. The molecule has 4 N–H and O–H groups in total. The van der Waals surface area contributed by atoms with Gasteiger partial charge in [-0.1, -0.05) is 63.6 Å². The van der Waals surface area contributed by atoms with Crippen molar-refractivity contribution >= 4 is 28.7 Å². The number of aromatic amines is 1. The third-order valence-corrected chi connectivity index (χ3v) is 5.68. The van der Waals surface area contributed by atoms with Crippen molar-refractivity contribution in [2.75, 3.05) is 7.05 Å². The first-order valence-corrected chi connectivity index (χ1v) is 11.2. The zero-order valence-corrected chi connectivity index (χ0v) is 18.6. The van der Waals surface area contributed by atoms with E-state index in [4.69, 9.17) is 0 Å². The van der Waals surface area contributed by atoms with Gasteiger partial charge in [-0.3, -0.25) is 14.4 Å². The summed E-state index contributed by atoms with van der Waals surface area (Å²) >= 11 is 0. The van der Waals surface area contributed by atoms with Gasteiger partial charge in [-0.25, -0.2) is 0 Å². The second kappa shape index (κ2) is 12.8. The molecular formula is C24H35N3O4. The molecule has 1 heterocycles. The van der Waals surface area contributed by atoms with Crippen LogP contribution in [-0.4, -0.2) is 41.0 Å². The van der Waals surface area contributed by atoms with E-state index in [-0.39, 0.29) is 18.2 Å². The number of carbonyl (C=O) groups is 3. The fourth-order valence-electron chi connectivity index (χ4n) is 3.90. The fourth-order valence-corrected chi connectivity index (χ4v) is 3.90. The second-order valence-corrected chi connectivity index (χ2v) is 8.09. The first-order chi connectivity index (χ1) is 15.0. The lowest BCUT2D eigenvalue weighted by Crippen LogP contribution is -2.49. The number of likely N-dealkylation sites (N-methyl/N-ethyl adjacent to an activating group) is 1. The van der Waals surface area contributed by atoms with Gasteiger partial charge in [-0.05, 0) is 18.1 Å². The smallest absolute Gasteiger partial charge is 0.304 e. The van der Waals surface area contributed by atoms with Crippen LogP contribution in [0.15, 0.2) is 30.5 Å². The van der Waals surface area contributed by atoms with Crippen LogP contribution in [0, 0.1) is 5.92 Å². The average Bonchev–Trinajstić information content (AvgIpc) is 3.16. The van der Waals surface area contributed by atoms with Crippen LogP contribution in [0.4, 0.5) is 0 Å². The average molecular weight is 430 g/mol. The lowest BCUT2D eigenvalue weighted by Gasteiger charge is -2.21. The van der Waals surface area contributed by atoms with Gasteiger partial charge >= 0.3 is 5.97 Å². The number of hydrogen-bond acceptors (Lipinski definition) is 3. The number of hydrogen-bond donors (Lipinski definition) is 4. The lowest BCUT2D eigenvalue weighted by molar-refractivity contribution is -0.141. The molecule has 2 atom stereocenters. The maximum Gasteiger partial charge on any atom is 0.304 e. The topological polar surface area (TPSA) is 111 Å². The van der Waals surface area contributed by atoms with Crippen LogP contribution < -0.4 is 10.6 Å². The summed E-state index contributed by atoms with van der Waals surface area (Å²) in [6, 6.07) is 7.01. The van der Waals surface area contributed by atoms with Crippen molar-refractivity contribution in [3.63, 3.8) is 0 Å². The van der Waals surface area contributed by atoms with Crippen molar-refractivity contribution in [1.82, 2.24) is 15.6 Å². The molecule has 2 amide bonds. The molecule has 1 aromatic heterocycles. The minimum absolute atomic E-state index is 0.228. The number of H-pyrrole nitrogens is 1. The van der Waals surface area contributed by atoms with Crippen LogP contribution >= 0.6 is 0 Å². The zero-order valence-electron chi connectivity index (χ0n) is 18.6. The molecule has 1 aromatic carbocycles. The molecule has 0 fully saturated rings. The summed E-state index contributed by atoms with van der Waals surface area (Å²) in [6.07, 6.45) is 8.87. The Kier molecular flexibility index (Phi) is 10.1. The molecule has 2 aromatic rings. The standard InChI is InChI=1S/C24H35N3O4/c1-3-4-5-6-7-8-11-17(15-22(28)29)23(30)27-21(24(31)25-2)14-18-16-26-20-13-10-9-12-19(18)20/h9-10,12-13,16-17,21,26H,3-8,11,14-15H2,1-2H3,(H,25,31)(H,27,30)(H,28,29)/t17-,21+/m1/s1. The van der Waals surface area contributed by atoms with Crippen LogP contribution in [0.25, 0.3) is 10.9 Å². The van der Waals surface area contributed by atoms with Gasteiger partial charge in [-0.15, -0.1) is 0 Å². The number of benzene rings is 1. The van der Waals surface area contributed by atoms with Crippen molar-refractivity contribution in [3.05, 3.63) is 36.0 Å². The summed E-state index contributed by atoms with van der Waals surface area (Å²) < 4.78 is 0. The van der Waals surface area contributed by atoms with Gasteiger partial charge in [0.15, 0.2) is 0 Å². The number of aromatic nitrogens is 1. The van der Waals surface area contributed by atoms with Crippen molar-refractivity contribution < 1.29 is 19.5 Å². The normalized spacial score (nSPS) is 13.0. The summed E-state index contributed by atoms with van der Waals surface area (Å²) in [7, 11) is 1.53. The van der Waals surface area contributed by atoms with Gasteiger partial charge in [0.1, 0.15) is 6.04 Å². The van der Waals surface area contributed by atoms with Gasteiger partial charge in [0.25, 0.3) is 0 Å². The van der Waals surface area contributed by atoms with E-state index in [9.17, 15) is 19.5 Å². The molecule has 0 aliphatic rings. The number of rotatable bonds is 14. The molecule has 0 bridgehead atoms. The number of nitrogens with one attached hydrogen (secondary N) is 3. The summed E-state index contributed by atoms with van der Waals surface area (Å²) in [5.74, 6) is -2.31. The molecule has 0 radical (unpaired) electrons. The van der Waals surface area contributed by atoms with Crippen LogP contribution in [-0.2, 0) is 20.8 Å². The number of carbonyl (C=O) groups excluding carboxylic acids is 2. The Hall–Kier alpha value is -2.83. The molecule has 31 heavy (non-hydrogen) atoms. The van der Waals surface area contributed by atoms with E-state index in [1.807, 2.05) is 30.5 Å². The van der Waals surface area contributed by atoms with Crippen LogP contribution in [0.2, 0.25) is 0 Å². The summed E-state index contributed by atoms with van der Waals surface area (Å²) in [5.41, 5.74) is 1.89. The van der Waals surface area contributed by atoms with Crippen molar-refractivity contribution in [1.29, 1.82) is 0 Å². The van der Waals surface area contributed by atoms with E-state index in [1.54, 1.807) is 0 Å². The molecule has 0 unspecified atom stereocenters. The van der Waals surface area contributed by atoms with Crippen LogP contribution in [0.1, 0.15) is 63.9 Å². The maximum absolute atomic E-state index is 12.9. The SMILES string of the molecule is CCCCCCCC[C@H](CC(=O)O)C(=O)N[C@@H](Cc1c[nH]c2ccccc12)C(=O)NC. The fraction of sp³-hybridized carbons (Fsp3) is 0.542. The highest BCUT2D eigenvalue weighted by molar-refractivity contribution is 5.91. The van der Waals surface area contributed by atoms with Crippen molar-refractivity contribution in [2.45, 2.75) is 70.8 Å². The number of carboxylic acid groups (broad SMARTS) is 1. The van der Waals surface area contributed by atoms with Gasteiger partial charge in [-0.2, -0.15) is 0 Å². The van der Waals surface area contributed by atoms with Gasteiger partial charge in [0.05, 0.1) is 6.42 Å². The van der Waals surface area contributed by atoms with E-state index in [0.29, 0.717) is 12.8 Å². The third kappa shape index (κ3) is 7.74. The van der Waals surface area contributed by atoms with Crippen molar-refractivity contribution in [3.8, 4) is 0 Å². The lowest BCUT2D eigenvalue weighted by atomic mass is 9.95. The Morgan fingerprint density at radius 1 is 1.03 bits per heavy atom. The Morgan fingerprint density at radius 2 is 1.74 bits per heavy atom. The molecule has 0 saturated carbocycles. The highest BCUT2D eigenvalue weighted by atomic mass is 16.4. The molecule has 0 aliphatic carbocycles. The van der Waals surface area contributed by atoms with Crippen molar-refractivity contribution in [2.24, 2.45) is 5.92 Å². The Balaban J connectivity index is 2.03. The molecule has 7 heteroatoms. The summed E-state index contributed by atoms with van der Waals surface area (Å²) in [4.78, 5) is 39.9. The maximum atomic E-state index is 12.9. The largest absolute Gasteiger partial charge is 0.481 e. The van der Waals surface area contributed by atoms with Gasteiger partial charge in [0, 0.05) is 36.5 Å². The summed E-state index contributed by atoms with van der Waals surface area (Å²) in [5, 5.41) is 15.7. The van der Waals surface area contributed by atoms with E-state index < -0.39 is 17.9 Å². The van der Waals surface area contributed by atoms with Gasteiger partial charge < -0.3 is 20.7 Å². The minimum atomic E-state index is -1.00. The molecule has 0 spiro atoms. The quantitative estimate of drug-likeness (QED) is 0.342. The van der Waals surface area contributed by atoms with Gasteiger partial charge in [0.2, 0.25) is 11.8 Å². The van der Waals surface area contributed by atoms with E-state index in [2.05, 4.69) is 22.5 Å². The van der Waals surface area contributed by atoms with E-state index in [0.717, 1.165) is 42.1 Å². The molecule has 7 nitrogen and oxygen atoms in total. The molecule has 0 saturated heterocycles. The first kappa shape index (κ1) is 24.4. The molecule has 170 valence electrons. The second-order valence-electron chi connectivity index (χ2n) is 8.09. The molecule has 0 aliphatic heterocycles. The number of para-hydroxylation sites is 1. The predicted octanol–water partition coefficient (Wildman–Crippen LogP) is 3.78. The third-order valence-electron chi connectivity index (χ3n) is 5.68. The van der Waals surface area contributed by atoms with Crippen LogP contribution in [0.5, 0.6) is 0 Å². The highest BCUT2D eigenvalue weighted by Crippen LogP contribution is 2.20. The molecule has 2 rings (SSSR count). The Morgan fingerprint density at radius 3 is 2.45 bits per heavy atom. The zero-order chi connectivity index (χ0) is 22.6.